The fourth-order valence-corrected chi connectivity index (χ4v) is 4.39. The average molecular weight is 286 g/mol. The summed E-state index contributed by atoms with van der Waals surface area (Å²) in [4.78, 5) is 0. The Kier molecular flexibility index (Phi) is 2.38. The van der Waals surface area contributed by atoms with Crippen LogP contribution in [0.15, 0.2) is 48.5 Å². The molecule has 0 heterocycles. The molecule has 1 nitrogen and oxygen atoms in total. The molecular formula is C21H18O. The van der Waals surface area contributed by atoms with Gasteiger partial charge >= 0.3 is 0 Å². The quantitative estimate of drug-likeness (QED) is 0.422. The molecule has 1 heteroatoms. The summed E-state index contributed by atoms with van der Waals surface area (Å²) >= 11 is 0. The molecule has 4 aromatic carbocycles. The fraction of sp³-hybridized carbons (Fsp3) is 0.238. The minimum absolute atomic E-state index is 0.312. The molecule has 22 heavy (non-hydrogen) atoms. The number of hydrogen-bond acceptors (Lipinski definition) is 1. The zero-order valence-corrected chi connectivity index (χ0v) is 12.6. The highest BCUT2D eigenvalue weighted by atomic mass is 16.3. The molecule has 0 amide bonds. The van der Waals surface area contributed by atoms with E-state index in [1.165, 1.54) is 37.9 Å². The van der Waals surface area contributed by atoms with Gasteiger partial charge in [-0.15, -0.1) is 0 Å². The maximum atomic E-state index is 10.5. The second-order valence-corrected chi connectivity index (χ2v) is 6.73. The van der Waals surface area contributed by atoms with Crippen molar-refractivity contribution in [2.45, 2.75) is 31.8 Å². The van der Waals surface area contributed by atoms with Gasteiger partial charge in [0.25, 0.3) is 0 Å². The second kappa shape index (κ2) is 4.21. The van der Waals surface area contributed by atoms with Gasteiger partial charge in [0, 0.05) is 0 Å². The lowest BCUT2D eigenvalue weighted by Crippen LogP contribution is -2.13. The average Bonchev–Trinajstić information content (AvgIpc) is 2.55. The van der Waals surface area contributed by atoms with Gasteiger partial charge in [0.15, 0.2) is 0 Å². The molecule has 0 radical (unpaired) electrons. The summed E-state index contributed by atoms with van der Waals surface area (Å²) in [7, 11) is 0. The molecule has 1 N–H and O–H groups in total. The van der Waals surface area contributed by atoms with Crippen LogP contribution in [0, 0.1) is 0 Å². The van der Waals surface area contributed by atoms with Gasteiger partial charge < -0.3 is 5.11 Å². The summed E-state index contributed by atoms with van der Waals surface area (Å²) in [6.07, 6.45) is 1.63. The van der Waals surface area contributed by atoms with Crippen molar-refractivity contribution in [2.24, 2.45) is 0 Å². The van der Waals surface area contributed by atoms with E-state index in [0.29, 0.717) is 5.92 Å². The molecule has 0 saturated carbocycles. The van der Waals surface area contributed by atoms with Crippen molar-refractivity contribution >= 4 is 32.3 Å². The number of aliphatic hydroxyl groups excluding tert-OH is 1. The summed E-state index contributed by atoms with van der Waals surface area (Å²) in [5.74, 6) is 0.517. The molecule has 0 fully saturated rings. The van der Waals surface area contributed by atoms with Gasteiger partial charge in [-0.25, -0.2) is 0 Å². The van der Waals surface area contributed by atoms with Crippen LogP contribution in [0.4, 0.5) is 0 Å². The Morgan fingerprint density at radius 2 is 1.59 bits per heavy atom. The molecule has 0 aliphatic heterocycles. The van der Waals surface area contributed by atoms with Crippen molar-refractivity contribution in [1.82, 2.24) is 0 Å². The number of aliphatic hydroxyl groups is 1. The molecule has 2 atom stereocenters. The summed E-state index contributed by atoms with van der Waals surface area (Å²) in [6.45, 7) is 2.29. The first-order valence-electron chi connectivity index (χ1n) is 8.12. The predicted molar refractivity (Wildman–Crippen MR) is 92.8 cm³/mol. The Morgan fingerprint density at radius 1 is 0.864 bits per heavy atom. The van der Waals surface area contributed by atoms with Gasteiger partial charge in [0.1, 0.15) is 0 Å². The Morgan fingerprint density at radius 3 is 2.41 bits per heavy atom. The molecule has 108 valence electrons. The van der Waals surface area contributed by atoms with Crippen LogP contribution in [0.3, 0.4) is 0 Å². The first-order chi connectivity index (χ1) is 10.7. The summed E-state index contributed by atoms with van der Waals surface area (Å²) in [5.41, 5.74) is 2.51. The fourth-order valence-electron chi connectivity index (χ4n) is 4.39. The first-order valence-corrected chi connectivity index (χ1v) is 8.12. The van der Waals surface area contributed by atoms with Gasteiger partial charge in [-0.1, -0.05) is 49.4 Å². The van der Waals surface area contributed by atoms with Crippen molar-refractivity contribution in [1.29, 1.82) is 0 Å². The van der Waals surface area contributed by atoms with E-state index in [0.717, 1.165) is 18.4 Å². The standard InChI is InChI=1S/C21H18O/c1-12-5-10-18(22)17-11-15-7-6-13-3-2-4-14-8-9-16(19(12)17)21(15)20(13)14/h2-4,6-9,11-12,18,22H,5,10H2,1H3. The topological polar surface area (TPSA) is 20.2 Å². The van der Waals surface area contributed by atoms with Gasteiger partial charge in [-0.2, -0.15) is 0 Å². The summed E-state index contributed by atoms with van der Waals surface area (Å²) in [6, 6.07) is 17.6. The van der Waals surface area contributed by atoms with E-state index in [9.17, 15) is 5.11 Å². The molecule has 5 rings (SSSR count). The van der Waals surface area contributed by atoms with Crippen LogP contribution in [0.25, 0.3) is 32.3 Å². The SMILES string of the molecule is CC1CCC(O)c2cc3ccc4cccc5ccc(c21)c3c45. The highest BCUT2D eigenvalue weighted by Gasteiger charge is 2.26. The smallest absolute Gasteiger partial charge is 0.0793 e. The summed E-state index contributed by atoms with van der Waals surface area (Å²) in [5, 5.41) is 18.4. The number of hydrogen-bond donors (Lipinski definition) is 1. The Labute approximate surface area is 129 Å². The van der Waals surface area contributed by atoms with E-state index < -0.39 is 0 Å². The van der Waals surface area contributed by atoms with Crippen molar-refractivity contribution in [3.8, 4) is 0 Å². The maximum absolute atomic E-state index is 10.5. The predicted octanol–water partition coefficient (Wildman–Crippen LogP) is 5.51. The Hall–Kier alpha value is -2.12. The normalized spacial score (nSPS) is 21.7. The minimum atomic E-state index is -0.312. The highest BCUT2D eigenvalue weighted by Crippen LogP contribution is 2.45. The third-order valence-electron chi connectivity index (χ3n) is 5.45. The summed E-state index contributed by atoms with van der Waals surface area (Å²) < 4.78 is 0. The second-order valence-electron chi connectivity index (χ2n) is 6.73. The molecule has 2 unspecified atom stereocenters. The molecule has 1 aliphatic carbocycles. The first kappa shape index (κ1) is 12.4. The molecule has 0 aromatic heterocycles. The molecule has 1 aliphatic rings. The van der Waals surface area contributed by atoms with E-state index in [2.05, 4.69) is 55.5 Å². The zero-order valence-electron chi connectivity index (χ0n) is 12.6. The van der Waals surface area contributed by atoms with Crippen LogP contribution >= 0.6 is 0 Å². The minimum Gasteiger partial charge on any atom is -0.388 e. The third-order valence-corrected chi connectivity index (χ3v) is 5.45. The van der Waals surface area contributed by atoms with E-state index >= 15 is 0 Å². The van der Waals surface area contributed by atoms with E-state index in [4.69, 9.17) is 0 Å². The van der Waals surface area contributed by atoms with Gasteiger partial charge in [0.05, 0.1) is 6.10 Å². The van der Waals surface area contributed by atoms with Gasteiger partial charge in [0.2, 0.25) is 0 Å². The van der Waals surface area contributed by atoms with E-state index in [-0.39, 0.29) is 6.10 Å². The van der Waals surface area contributed by atoms with Crippen LogP contribution in [-0.4, -0.2) is 5.11 Å². The zero-order chi connectivity index (χ0) is 14.8. The van der Waals surface area contributed by atoms with Crippen LogP contribution in [0.2, 0.25) is 0 Å². The third kappa shape index (κ3) is 1.47. The van der Waals surface area contributed by atoms with Crippen LogP contribution < -0.4 is 0 Å². The molecule has 0 bridgehead atoms. The molecular weight excluding hydrogens is 268 g/mol. The number of fused-ring (bicyclic) bond motifs is 2. The number of benzene rings is 4. The van der Waals surface area contributed by atoms with Crippen LogP contribution in [-0.2, 0) is 0 Å². The molecule has 0 saturated heterocycles. The van der Waals surface area contributed by atoms with E-state index in [1.54, 1.807) is 0 Å². The Bertz CT molecular complexity index is 999. The van der Waals surface area contributed by atoms with Crippen molar-refractivity contribution in [3.63, 3.8) is 0 Å². The lowest BCUT2D eigenvalue weighted by atomic mass is 9.77. The molecule has 4 aromatic rings. The van der Waals surface area contributed by atoms with Gasteiger partial charge in [-0.3, -0.25) is 0 Å². The van der Waals surface area contributed by atoms with Gasteiger partial charge in [-0.05, 0) is 68.3 Å². The monoisotopic (exact) mass is 286 g/mol. The lowest BCUT2D eigenvalue weighted by molar-refractivity contribution is 0.152. The highest BCUT2D eigenvalue weighted by molar-refractivity contribution is 6.23. The van der Waals surface area contributed by atoms with Crippen LogP contribution in [0.1, 0.15) is 42.9 Å². The molecule has 0 spiro atoms. The number of rotatable bonds is 0. The van der Waals surface area contributed by atoms with Crippen molar-refractivity contribution < 1.29 is 5.11 Å². The van der Waals surface area contributed by atoms with Crippen molar-refractivity contribution in [3.05, 3.63) is 59.7 Å². The van der Waals surface area contributed by atoms with E-state index in [1.807, 2.05) is 0 Å². The maximum Gasteiger partial charge on any atom is 0.0793 e. The Balaban J connectivity index is 2.07. The van der Waals surface area contributed by atoms with Crippen molar-refractivity contribution in [2.75, 3.05) is 0 Å². The van der Waals surface area contributed by atoms with Crippen LogP contribution in [0.5, 0.6) is 0 Å². The lowest BCUT2D eigenvalue weighted by Gasteiger charge is -2.29. The largest absolute Gasteiger partial charge is 0.388 e.